The molecule has 11 N–H and O–H groups in total. The molecule has 2 aromatic heterocycles. The van der Waals surface area contributed by atoms with Gasteiger partial charge in [-0.05, 0) is 29.7 Å². The van der Waals surface area contributed by atoms with Gasteiger partial charge in [0.25, 0.3) is 0 Å². The number of aromatic amines is 2. The van der Waals surface area contributed by atoms with Crippen molar-refractivity contribution < 1.29 is 39.0 Å². The number of para-hydroxylation sites is 2. The molecule has 0 saturated heterocycles. The second-order valence-corrected chi connectivity index (χ2v) is 10.5. The van der Waals surface area contributed by atoms with Crippen LogP contribution in [0.1, 0.15) is 24.0 Å². The topological polar surface area (TPSA) is 263 Å². The van der Waals surface area contributed by atoms with Crippen molar-refractivity contribution in [1.82, 2.24) is 25.9 Å². The highest BCUT2D eigenvalue weighted by Gasteiger charge is 2.32. The van der Waals surface area contributed by atoms with E-state index in [-0.39, 0.29) is 12.8 Å². The minimum absolute atomic E-state index is 0.0812. The van der Waals surface area contributed by atoms with Crippen LogP contribution in [0.3, 0.4) is 0 Å². The van der Waals surface area contributed by atoms with Crippen LogP contribution in [0, 0.1) is 0 Å². The largest absolute Gasteiger partial charge is 0.481 e. The Labute approximate surface area is 255 Å². The number of rotatable bonds is 15. The molecule has 4 aromatic rings. The average Bonchev–Trinajstić information content (AvgIpc) is 3.59. The number of carboxylic acid groups (broad SMARTS) is 2. The summed E-state index contributed by atoms with van der Waals surface area (Å²) in [5.41, 5.74) is 14.3. The lowest BCUT2D eigenvalue weighted by Crippen LogP contribution is -2.58. The smallest absolute Gasteiger partial charge is 0.326 e. The number of aromatic nitrogens is 2. The number of amides is 4. The third-order valence-corrected chi connectivity index (χ3v) is 7.22. The Bertz CT molecular complexity index is 1750. The van der Waals surface area contributed by atoms with E-state index in [0.29, 0.717) is 5.56 Å². The Kier molecular flexibility index (Phi) is 10.2. The zero-order valence-electron chi connectivity index (χ0n) is 23.9. The van der Waals surface area contributed by atoms with Crippen LogP contribution in [0.4, 0.5) is 0 Å². The molecule has 4 rings (SSSR count). The van der Waals surface area contributed by atoms with Gasteiger partial charge in [0.2, 0.25) is 23.6 Å². The monoisotopic (exact) mass is 619 g/mol. The first kappa shape index (κ1) is 32.2. The summed E-state index contributed by atoms with van der Waals surface area (Å²) >= 11 is 0. The molecule has 2 heterocycles. The van der Waals surface area contributed by atoms with Gasteiger partial charge in [0.1, 0.15) is 18.1 Å². The normalized spacial score (nSPS) is 13.8. The summed E-state index contributed by atoms with van der Waals surface area (Å²) in [6, 6.07) is 8.50. The van der Waals surface area contributed by atoms with Gasteiger partial charge in [-0.2, -0.15) is 0 Å². The third-order valence-electron chi connectivity index (χ3n) is 7.22. The van der Waals surface area contributed by atoms with Crippen molar-refractivity contribution in [2.45, 2.75) is 49.9 Å². The minimum atomic E-state index is -1.76. The van der Waals surface area contributed by atoms with E-state index in [9.17, 15) is 39.0 Å². The molecule has 0 aliphatic heterocycles. The fraction of sp³-hybridized carbons (Fsp3) is 0.267. The fourth-order valence-electron chi connectivity index (χ4n) is 4.97. The lowest BCUT2D eigenvalue weighted by Gasteiger charge is -2.24. The Morgan fingerprint density at radius 1 is 0.667 bits per heavy atom. The first-order valence-electron chi connectivity index (χ1n) is 13.9. The number of hydrogen-bond acceptors (Lipinski definition) is 7. The third kappa shape index (κ3) is 8.23. The summed E-state index contributed by atoms with van der Waals surface area (Å²) in [5.74, 6) is -6.83. The van der Waals surface area contributed by atoms with E-state index in [1.807, 2.05) is 24.3 Å². The zero-order valence-corrected chi connectivity index (χ0v) is 23.9. The Balaban J connectivity index is 1.45. The molecule has 0 aliphatic rings. The van der Waals surface area contributed by atoms with Gasteiger partial charge in [-0.15, -0.1) is 0 Å². The van der Waals surface area contributed by atoms with Crippen LogP contribution in [0.2, 0.25) is 0 Å². The van der Waals surface area contributed by atoms with Crippen LogP contribution in [0.5, 0.6) is 0 Å². The zero-order chi connectivity index (χ0) is 32.7. The van der Waals surface area contributed by atoms with Crippen LogP contribution in [-0.2, 0) is 41.6 Å². The number of fused-ring (bicyclic) bond motifs is 2. The number of primary amides is 1. The summed E-state index contributed by atoms with van der Waals surface area (Å²) in [6.07, 6.45) is 1.63. The van der Waals surface area contributed by atoms with Crippen molar-refractivity contribution in [3.05, 3.63) is 72.1 Å². The van der Waals surface area contributed by atoms with E-state index in [2.05, 4.69) is 25.9 Å². The van der Waals surface area contributed by atoms with Crippen molar-refractivity contribution in [2.24, 2.45) is 11.5 Å². The standard InChI is InChI=1S/C30H33N7O8/c31-19(9-15-13-33-20-7-3-1-5-17(15)20)27(41)35-22(11-25(32)38)28(42)36-23(12-26(39)40)29(43)37-24(30(44)45)10-16-14-34-21-8-4-2-6-18(16)21/h1-8,13-14,19,22-24,33-34H,9-12,31H2,(H2,32,38)(H,35,41)(H,36,42)(H,37,43)(H,39,40)(H,44,45). The van der Waals surface area contributed by atoms with Crippen LogP contribution >= 0.6 is 0 Å². The number of carboxylic acids is 2. The molecular weight excluding hydrogens is 586 g/mol. The van der Waals surface area contributed by atoms with Gasteiger partial charge in [-0.25, -0.2) is 4.79 Å². The second kappa shape index (κ2) is 14.2. The van der Waals surface area contributed by atoms with E-state index in [1.165, 1.54) is 0 Å². The van der Waals surface area contributed by atoms with Crippen molar-refractivity contribution >= 4 is 57.4 Å². The van der Waals surface area contributed by atoms with Gasteiger partial charge in [0.05, 0.1) is 18.9 Å². The highest BCUT2D eigenvalue weighted by molar-refractivity contribution is 5.97. The van der Waals surface area contributed by atoms with Gasteiger partial charge in [0.15, 0.2) is 0 Å². The molecule has 0 radical (unpaired) electrons. The Hall–Kier alpha value is -5.70. The highest BCUT2D eigenvalue weighted by Crippen LogP contribution is 2.20. The summed E-state index contributed by atoms with van der Waals surface area (Å²) in [7, 11) is 0. The minimum Gasteiger partial charge on any atom is -0.481 e. The van der Waals surface area contributed by atoms with E-state index in [0.717, 1.165) is 27.4 Å². The molecule has 45 heavy (non-hydrogen) atoms. The molecule has 4 atom stereocenters. The molecule has 15 nitrogen and oxygen atoms in total. The molecule has 0 bridgehead atoms. The quantitative estimate of drug-likeness (QED) is 0.0841. The summed E-state index contributed by atoms with van der Waals surface area (Å²) in [4.78, 5) is 80.6. The van der Waals surface area contributed by atoms with Gasteiger partial charge in [0, 0.05) is 40.6 Å². The summed E-state index contributed by atoms with van der Waals surface area (Å²) in [6.45, 7) is 0. The van der Waals surface area contributed by atoms with E-state index in [4.69, 9.17) is 11.5 Å². The molecule has 4 unspecified atom stereocenters. The van der Waals surface area contributed by atoms with Gasteiger partial charge in [-0.3, -0.25) is 24.0 Å². The summed E-state index contributed by atoms with van der Waals surface area (Å²) < 4.78 is 0. The van der Waals surface area contributed by atoms with E-state index < -0.39 is 72.6 Å². The number of aliphatic carboxylic acids is 2. The lowest BCUT2D eigenvalue weighted by atomic mass is 10.0. The first-order valence-corrected chi connectivity index (χ1v) is 13.9. The maximum Gasteiger partial charge on any atom is 0.326 e. The maximum absolute atomic E-state index is 13.2. The van der Waals surface area contributed by atoms with E-state index >= 15 is 0 Å². The van der Waals surface area contributed by atoms with Gasteiger partial charge >= 0.3 is 11.9 Å². The van der Waals surface area contributed by atoms with Crippen molar-refractivity contribution in [1.29, 1.82) is 0 Å². The first-order chi connectivity index (χ1) is 21.4. The Morgan fingerprint density at radius 3 is 1.64 bits per heavy atom. The number of nitrogens with two attached hydrogens (primary N) is 2. The molecule has 2 aromatic carbocycles. The molecule has 236 valence electrons. The predicted molar refractivity (Wildman–Crippen MR) is 161 cm³/mol. The molecule has 0 saturated carbocycles. The van der Waals surface area contributed by atoms with Crippen LogP contribution in [0.25, 0.3) is 21.8 Å². The number of H-pyrrole nitrogens is 2. The number of nitrogens with one attached hydrogen (secondary N) is 5. The molecular formula is C30H33N7O8. The van der Waals surface area contributed by atoms with Crippen LogP contribution in [0.15, 0.2) is 60.9 Å². The van der Waals surface area contributed by atoms with Crippen molar-refractivity contribution in [2.75, 3.05) is 0 Å². The van der Waals surface area contributed by atoms with Crippen LogP contribution < -0.4 is 27.4 Å². The maximum atomic E-state index is 13.2. The second-order valence-electron chi connectivity index (χ2n) is 10.5. The Morgan fingerprint density at radius 2 is 1.13 bits per heavy atom. The number of carbonyl (C=O) groups excluding carboxylic acids is 4. The number of benzene rings is 2. The lowest BCUT2D eigenvalue weighted by molar-refractivity contribution is -0.143. The fourth-order valence-corrected chi connectivity index (χ4v) is 4.97. The molecule has 4 amide bonds. The highest BCUT2D eigenvalue weighted by atomic mass is 16.4. The number of carbonyl (C=O) groups is 6. The van der Waals surface area contributed by atoms with Crippen LogP contribution in [-0.4, -0.2) is 79.9 Å². The molecule has 15 heteroatoms. The molecule has 0 fully saturated rings. The van der Waals surface area contributed by atoms with Crippen molar-refractivity contribution in [3.8, 4) is 0 Å². The van der Waals surface area contributed by atoms with Gasteiger partial charge in [-0.1, -0.05) is 36.4 Å². The van der Waals surface area contributed by atoms with Gasteiger partial charge < -0.3 is 47.6 Å². The SMILES string of the molecule is NC(=O)CC(NC(=O)C(N)Cc1c[nH]c2ccccc12)C(=O)NC(CC(=O)O)C(=O)NC(Cc1c[nH]c2ccccc12)C(=O)O. The average molecular weight is 620 g/mol. The van der Waals surface area contributed by atoms with Crippen molar-refractivity contribution in [3.63, 3.8) is 0 Å². The molecule has 0 spiro atoms. The molecule has 0 aliphatic carbocycles. The predicted octanol–water partition coefficient (Wildman–Crippen LogP) is -0.349. The number of hydrogen-bond donors (Lipinski definition) is 9. The van der Waals surface area contributed by atoms with E-state index in [1.54, 1.807) is 36.7 Å². The summed E-state index contributed by atoms with van der Waals surface area (Å²) in [5, 5.41) is 27.6.